The Labute approximate surface area is 131 Å². The molecule has 1 amide bonds. The number of amides is 1. The summed E-state index contributed by atoms with van der Waals surface area (Å²) < 4.78 is 13.0. The Bertz CT molecular complexity index is 666. The lowest BCUT2D eigenvalue weighted by molar-refractivity contribution is -0.137. The van der Waals surface area contributed by atoms with Crippen LogP contribution in [-0.2, 0) is 16.0 Å². The van der Waals surface area contributed by atoms with Crippen LogP contribution in [0.2, 0.25) is 0 Å². The third kappa shape index (κ3) is 4.66. The first-order valence-corrected chi connectivity index (χ1v) is 7.57. The second-order valence-electron chi connectivity index (χ2n) is 4.96. The number of rotatable bonds is 6. The minimum absolute atomic E-state index is 0.204. The number of halogens is 1. The van der Waals surface area contributed by atoms with Gasteiger partial charge >= 0.3 is 5.97 Å². The van der Waals surface area contributed by atoms with Crippen molar-refractivity contribution in [1.82, 2.24) is 5.32 Å². The highest BCUT2D eigenvalue weighted by molar-refractivity contribution is 7.12. The van der Waals surface area contributed by atoms with Crippen LogP contribution in [0.1, 0.15) is 27.8 Å². The number of aryl methyl sites for hydroxylation is 1. The Balaban J connectivity index is 2.07. The van der Waals surface area contributed by atoms with Crippen molar-refractivity contribution >= 4 is 23.2 Å². The molecule has 0 bridgehead atoms. The minimum Gasteiger partial charge on any atom is -0.481 e. The van der Waals surface area contributed by atoms with E-state index in [0.717, 1.165) is 9.75 Å². The molecular formula is C16H16FNO3S. The minimum atomic E-state index is -1.03. The molecule has 0 aliphatic carbocycles. The Morgan fingerprint density at radius 2 is 1.91 bits per heavy atom. The molecule has 2 rings (SSSR count). The fourth-order valence-electron chi connectivity index (χ4n) is 2.11. The van der Waals surface area contributed by atoms with Crippen LogP contribution in [0.3, 0.4) is 0 Å². The Kier molecular flexibility index (Phi) is 5.27. The fraction of sp³-hybridized carbons (Fsp3) is 0.250. The summed E-state index contributed by atoms with van der Waals surface area (Å²) in [4.78, 5) is 25.1. The number of thiophene rings is 1. The molecule has 0 aliphatic rings. The van der Waals surface area contributed by atoms with Crippen molar-refractivity contribution in [2.75, 3.05) is 0 Å². The molecule has 116 valence electrons. The summed E-state index contributed by atoms with van der Waals surface area (Å²) >= 11 is 1.53. The summed E-state index contributed by atoms with van der Waals surface area (Å²) in [5.74, 6) is -1.68. The third-order valence-corrected chi connectivity index (χ3v) is 4.12. The SMILES string of the molecule is Cc1ccc(CC(=O)NC(CC(=O)O)c2ccc(F)cc2)s1. The van der Waals surface area contributed by atoms with Crippen molar-refractivity contribution in [1.29, 1.82) is 0 Å². The molecular weight excluding hydrogens is 305 g/mol. The number of carboxylic acid groups (broad SMARTS) is 1. The van der Waals surface area contributed by atoms with E-state index in [-0.39, 0.29) is 18.7 Å². The normalized spacial score (nSPS) is 11.9. The number of nitrogens with one attached hydrogen (secondary N) is 1. The van der Waals surface area contributed by atoms with Gasteiger partial charge in [-0.1, -0.05) is 12.1 Å². The van der Waals surface area contributed by atoms with Crippen molar-refractivity contribution in [3.8, 4) is 0 Å². The van der Waals surface area contributed by atoms with Crippen molar-refractivity contribution in [2.45, 2.75) is 25.8 Å². The van der Waals surface area contributed by atoms with Crippen LogP contribution in [0.15, 0.2) is 36.4 Å². The molecule has 0 radical (unpaired) electrons. The van der Waals surface area contributed by atoms with E-state index < -0.39 is 17.8 Å². The number of carboxylic acids is 1. The van der Waals surface area contributed by atoms with E-state index in [1.54, 1.807) is 0 Å². The van der Waals surface area contributed by atoms with Crippen molar-refractivity contribution in [2.24, 2.45) is 0 Å². The highest BCUT2D eigenvalue weighted by Gasteiger charge is 2.18. The number of hydrogen-bond acceptors (Lipinski definition) is 3. The molecule has 0 spiro atoms. The van der Waals surface area contributed by atoms with Crippen LogP contribution in [0, 0.1) is 12.7 Å². The topological polar surface area (TPSA) is 66.4 Å². The van der Waals surface area contributed by atoms with Gasteiger partial charge in [-0.05, 0) is 36.8 Å². The highest BCUT2D eigenvalue weighted by atomic mass is 32.1. The maximum atomic E-state index is 13.0. The zero-order valence-electron chi connectivity index (χ0n) is 12.0. The zero-order chi connectivity index (χ0) is 16.1. The second-order valence-corrected chi connectivity index (χ2v) is 6.33. The van der Waals surface area contributed by atoms with Gasteiger partial charge in [0.25, 0.3) is 0 Å². The van der Waals surface area contributed by atoms with Crippen LogP contribution in [0.25, 0.3) is 0 Å². The number of aliphatic carboxylic acids is 1. The summed E-state index contributed by atoms with van der Waals surface area (Å²) in [5, 5.41) is 11.7. The van der Waals surface area contributed by atoms with Gasteiger partial charge in [0.15, 0.2) is 0 Å². The predicted octanol–water partition coefficient (Wildman–Crippen LogP) is 3.07. The molecule has 22 heavy (non-hydrogen) atoms. The maximum absolute atomic E-state index is 13.0. The molecule has 0 saturated carbocycles. The molecule has 4 nitrogen and oxygen atoms in total. The molecule has 1 aromatic carbocycles. The predicted molar refractivity (Wildman–Crippen MR) is 82.3 cm³/mol. The molecule has 0 fully saturated rings. The van der Waals surface area contributed by atoms with E-state index in [1.165, 1.54) is 35.6 Å². The fourth-order valence-corrected chi connectivity index (χ4v) is 2.99. The quantitative estimate of drug-likeness (QED) is 0.859. The summed E-state index contributed by atoms with van der Waals surface area (Å²) in [6, 6.07) is 8.60. The summed E-state index contributed by atoms with van der Waals surface area (Å²) in [6.45, 7) is 1.96. The van der Waals surface area contributed by atoms with Gasteiger partial charge < -0.3 is 10.4 Å². The molecule has 2 aromatic rings. The van der Waals surface area contributed by atoms with Crippen molar-refractivity contribution < 1.29 is 19.1 Å². The van der Waals surface area contributed by atoms with Crippen LogP contribution in [-0.4, -0.2) is 17.0 Å². The molecule has 0 saturated heterocycles. The van der Waals surface area contributed by atoms with Crippen LogP contribution in [0.4, 0.5) is 4.39 Å². The van der Waals surface area contributed by atoms with Gasteiger partial charge in [-0.2, -0.15) is 0 Å². The number of hydrogen-bond donors (Lipinski definition) is 2. The molecule has 1 unspecified atom stereocenters. The van der Waals surface area contributed by atoms with Crippen molar-refractivity contribution in [3.05, 3.63) is 57.5 Å². The summed E-state index contributed by atoms with van der Waals surface area (Å²) in [7, 11) is 0. The maximum Gasteiger partial charge on any atom is 0.305 e. The van der Waals surface area contributed by atoms with Gasteiger partial charge in [0.2, 0.25) is 5.91 Å². The lowest BCUT2D eigenvalue weighted by atomic mass is 10.0. The molecule has 2 N–H and O–H groups in total. The first-order valence-electron chi connectivity index (χ1n) is 6.76. The summed E-state index contributed by atoms with van der Waals surface area (Å²) in [5.41, 5.74) is 0.569. The standard InChI is InChI=1S/C16H16FNO3S/c1-10-2-7-13(22-10)8-15(19)18-14(9-16(20)21)11-3-5-12(17)6-4-11/h2-7,14H,8-9H2,1H3,(H,18,19)(H,20,21). The molecule has 1 atom stereocenters. The third-order valence-electron chi connectivity index (χ3n) is 3.12. The Hall–Kier alpha value is -2.21. The Morgan fingerprint density at radius 3 is 2.45 bits per heavy atom. The van der Waals surface area contributed by atoms with E-state index in [0.29, 0.717) is 5.56 Å². The number of benzene rings is 1. The van der Waals surface area contributed by atoms with E-state index in [9.17, 15) is 14.0 Å². The molecule has 0 aliphatic heterocycles. The van der Waals surface area contributed by atoms with E-state index in [4.69, 9.17) is 5.11 Å². The van der Waals surface area contributed by atoms with Crippen LogP contribution in [0.5, 0.6) is 0 Å². The van der Waals surface area contributed by atoms with Crippen LogP contribution >= 0.6 is 11.3 Å². The Morgan fingerprint density at radius 1 is 1.23 bits per heavy atom. The van der Waals surface area contributed by atoms with Gasteiger partial charge in [0.05, 0.1) is 18.9 Å². The van der Waals surface area contributed by atoms with Gasteiger partial charge in [0, 0.05) is 9.75 Å². The molecule has 1 aromatic heterocycles. The van der Waals surface area contributed by atoms with Gasteiger partial charge in [-0.3, -0.25) is 9.59 Å². The smallest absolute Gasteiger partial charge is 0.305 e. The molecule has 6 heteroatoms. The monoisotopic (exact) mass is 321 g/mol. The average molecular weight is 321 g/mol. The van der Waals surface area contributed by atoms with E-state index in [1.807, 2.05) is 19.1 Å². The van der Waals surface area contributed by atoms with Crippen LogP contribution < -0.4 is 5.32 Å². The van der Waals surface area contributed by atoms with Gasteiger partial charge in [-0.15, -0.1) is 11.3 Å². The average Bonchev–Trinajstić information content (AvgIpc) is 2.83. The lowest BCUT2D eigenvalue weighted by Gasteiger charge is -2.17. The largest absolute Gasteiger partial charge is 0.481 e. The second kappa shape index (κ2) is 7.17. The van der Waals surface area contributed by atoms with E-state index in [2.05, 4.69) is 5.32 Å². The highest BCUT2D eigenvalue weighted by Crippen LogP contribution is 2.19. The zero-order valence-corrected chi connectivity index (χ0v) is 12.8. The first-order chi connectivity index (χ1) is 10.4. The van der Waals surface area contributed by atoms with Gasteiger partial charge in [-0.25, -0.2) is 4.39 Å². The first kappa shape index (κ1) is 16.2. The lowest BCUT2D eigenvalue weighted by Crippen LogP contribution is -2.31. The number of carbonyl (C=O) groups excluding carboxylic acids is 1. The van der Waals surface area contributed by atoms with Crippen molar-refractivity contribution in [3.63, 3.8) is 0 Å². The van der Waals surface area contributed by atoms with E-state index >= 15 is 0 Å². The van der Waals surface area contributed by atoms with Gasteiger partial charge in [0.1, 0.15) is 5.82 Å². The molecule has 1 heterocycles. The summed E-state index contributed by atoms with van der Waals surface area (Å²) in [6.07, 6.45) is -0.0450. The number of carbonyl (C=O) groups is 2.